The molecule has 0 aliphatic carbocycles. The molecule has 0 saturated heterocycles. The molecule has 1 heterocycles. The number of hydrogen-bond donors (Lipinski definition) is 1. The van der Waals surface area contributed by atoms with Gasteiger partial charge in [0.25, 0.3) is 0 Å². The first-order valence-corrected chi connectivity index (χ1v) is 9.22. The van der Waals surface area contributed by atoms with E-state index in [1.165, 1.54) is 0 Å². The van der Waals surface area contributed by atoms with E-state index in [1.807, 2.05) is 56.0 Å². The summed E-state index contributed by atoms with van der Waals surface area (Å²) in [7, 11) is 0. The third kappa shape index (κ3) is 3.37. The van der Waals surface area contributed by atoms with Gasteiger partial charge in [0.2, 0.25) is 5.91 Å². The van der Waals surface area contributed by atoms with Crippen LogP contribution in [0.5, 0.6) is 0 Å². The van der Waals surface area contributed by atoms with E-state index in [4.69, 9.17) is 0 Å². The lowest BCUT2D eigenvalue weighted by Crippen LogP contribution is -2.52. The average molecular weight is 352 g/mol. The number of aromatic nitrogens is 2. The van der Waals surface area contributed by atoms with Crippen molar-refractivity contribution in [2.24, 2.45) is 5.41 Å². The number of nitriles is 1. The van der Waals surface area contributed by atoms with Crippen LogP contribution in [0.3, 0.4) is 0 Å². The number of carbonyl (C=O) groups is 1. The molecule has 0 bridgehead atoms. The minimum atomic E-state index is -0.948. The smallest absolute Gasteiger partial charge is 0.234 e. The van der Waals surface area contributed by atoms with E-state index in [2.05, 4.69) is 23.2 Å². The van der Waals surface area contributed by atoms with Crippen LogP contribution in [0.2, 0.25) is 0 Å². The first-order chi connectivity index (χ1) is 12.4. The van der Waals surface area contributed by atoms with Crippen LogP contribution in [-0.4, -0.2) is 22.6 Å². The van der Waals surface area contributed by atoms with Crippen LogP contribution in [0.4, 0.5) is 5.69 Å². The molecule has 1 unspecified atom stereocenters. The summed E-state index contributed by atoms with van der Waals surface area (Å²) in [6.45, 7) is 8.44. The molecule has 26 heavy (non-hydrogen) atoms. The van der Waals surface area contributed by atoms with E-state index in [-0.39, 0.29) is 5.91 Å². The highest BCUT2D eigenvalue weighted by molar-refractivity contribution is 5.98. The van der Waals surface area contributed by atoms with Gasteiger partial charge in [-0.3, -0.25) is 9.89 Å². The molecule has 0 aliphatic rings. The van der Waals surface area contributed by atoms with E-state index in [9.17, 15) is 10.1 Å². The number of anilines is 1. The molecule has 5 heteroatoms. The lowest BCUT2D eigenvalue weighted by Gasteiger charge is -2.42. The highest BCUT2D eigenvalue weighted by Gasteiger charge is 2.52. The van der Waals surface area contributed by atoms with Crippen LogP contribution in [0.15, 0.2) is 42.7 Å². The number of H-pyrrole nitrogens is 1. The second-order valence-corrected chi connectivity index (χ2v) is 7.13. The second-order valence-electron chi connectivity index (χ2n) is 7.13. The Bertz CT molecular complexity index is 746. The molecule has 2 aromatic rings. The van der Waals surface area contributed by atoms with Crippen molar-refractivity contribution in [1.82, 2.24) is 10.2 Å². The number of carbonyl (C=O) groups excluding carboxylic acids is 1. The molecule has 1 N–H and O–H groups in total. The Balaban J connectivity index is 2.49. The number of rotatable bonds is 8. The number of unbranched alkanes of at least 4 members (excludes halogenated alkanes) is 1. The Hall–Kier alpha value is -2.61. The average Bonchev–Trinajstić information content (AvgIpc) is 3.19. The summed E-state index contributed by atoms with van der Waals surface area (Å²) in [6, 6.07) is 12.1. The van der Waals surface area contributed by atoms with Crippen molar-refractivity contribution in [3.8, 4) is 6.07 Å². The minimum Gasteiger partial charge on any atom is -0.312 e. The Morgan fingerprint density at radius 2 is 1.96 bits per heavy atom. The third-order valence-electron chi connectivity index (χ3n) is 5.36. The largest absolute Gasteiger partial charge is 0.312 e. The van der Waals surface area contributed by atoms with Gasteiger partial charge in [-0.1, -0.05) is 38.5 Å². The fourth-order valence-electron chi connectivity index (χ4n) is 3.57. The van der Waals surface area contributed by atoms with E-state index in [0.717, 1.165) is 24.1 Å². The standard InChI is InChI=1S/C21H28N4O/c1-5-7-13-25(18-11-9-8-10-12-18)19(26)20(3,4)21(6-2,16-22)17-14-23-24-15-17/h8-12,14-15H,5-7,13H2,1-4H3,(H,23,24). The van der Waals surface area contributed by atoms with Crippen LogP contribution in [0.1, 0.15) is 52.5 Å². The Kier molecular flexibility index (Phi) is 6.20. The molecular weight excluding hydrogens is 324 g/mol. The van der Waals surface area contributed by atoms with Gasteiger partial charge in [-0.25, -0.2) is 0 Å². The second kappa shape index (κ2) is 8.18. The SMILES string of the molecule is CCCCN(C(=O)C(C)(C)C(C#N)(CC)c1cn[nH]c1)c1ccccc1. The lowest BCUT2D eigenvalue weighted by atomic mass is 9.61. The first-order valence-electron chi connectivity index (χ1n) is 9.22. The van der Waals surface area contributed by atoms with E-state index in [0.29, 0.717) is 13.0 Å². The monoisotopic (exact) mass is 352 g/mol. The lowest BCUT2D eigenvalue weighted by molar-refractivity contribution is -0.129. The van der Waals surface area contributed by atoms with Gasteiger partial charge in [0.15, 0.2) is 0 Å². The van der Waals surface area contributed by atoms with Gasteiger partial charge in [-0.05, 0) is 38.8 Å². The van der Waals surface area contributed by atoms with E-state index >= 15 is 0 Å². The van der Waals surface area contributed by atoms with Crippen LogP contribution in [-0.2, 0) is 10.2 Å². The highest BCUT2D eigenvalue weighted by atomic mass is 16.2. The van der Waals surface area contributed by atoms with E-state index < -0.39 is 10.8 Å². The molecule has 0 spiro atoms. The third-order valence-corrected chi connectivity index (χ3v) is 5.36. The van der Waals surface area contributed by atoms with Crippen LogP contribution < -0.4 is 4.90 Å². The van der Waals surface area contributed by atoms with Crippen molar-refractivity contribution < 1.29 is 4.79 Å². The molecule has 0 saturated carbocycles. The molecule has 1 aromatic heterocycles. The molecule has 5 nitrogen and oxygen atoms in total. The zero-order valence-electron chi connectivity index (χ0n) is 16.1. The van der Waals surface area contributed by atoms with Crippen molar-refractivity contribution in [3.63, 3.8) is 0 Å². The molecule has 0 aliphatic heterocycles. The van der Waals surface area contributed by atoms with Crippen molar-refractivity contribution in [2.75, 3.05) is 11.4 Å². The molecule has 138 valence electrons. The number of nitrogens with one attached hydrogen (secondary N) is 1. The molecule has 1 aromatic carbocycles. The van der Waals surface area contributed by atoms with Crippen LogP contribution >= 0.6 is 0 Å². The van der Waals surface area contributed by atoms with Gasteiger partial charge >= 0.3 is 0 Å². The van der Waals surface area contributed by atoms with E-state index in [1.54, 1.807) is 12.4 Å². The highest BCUT2D eigenvalue weighted by Crippen LogP contribution is 2.45. The minimum absolute atomic E-state index is 0.0400. The maximum absolute atomic E-state index is 13.7. The number of benzene rings is 1. The Morgan fingerprint density at radius 3 is 2.46 bits per heavy atom. The zero-order chi connectivity index (χ0) is 19.2. The summed E-state index contributed by atoms with van der Waals surface area (Å²) in [5.74, 6) is -0.0400. The Labute approximate surface area is 156 Å². The molecule has 0 fully saturated rings. The summed E-state index contributed by atoms with van der Waals surface area (Å²) in [5.41, 5.74) is -0.237. The number of nitrogens with zero attached hydrogens (tertiary/aromatic N) is 3. The quantitative estimate of drug-likeness (QED) is 0.763. The molecule has 1 amide bonds. The number of para-hydroxylation sites is 1. The van der Waals surface area contributed by atoms with Gasteiger partial charge in [0, 0.05) is 24.0 Å². The molecule has 2 rings (SSSR count). The predicted molar refractivity (Wildman–Crippen MR) is 104 cm³/mol. The van der Waals surface area contributed by atoms with Crippen molar-refractivity contribution in [2.45, 2.75) is 52.4 Å². The summed E-state index contributed by atoms with van der Waals surface area (Å²) < 4.78 is 0. The van der Waals surface area contributed by atoms with Gasteiger partial charge in [0.1, 0.15) is 0 Å². The number of hydrogen-bond acceptors (Lipinski definition) is 3. The van der Waals surface area contributed by atoms with Crippen LogP contribution in [0.25, 0.3) is 0 Å². The summed E-state index contributed by atoms with van der Waals surface area (Å²) in [6.07, 6.45) is 5.81. The zero-order valence-corrected chi connectivity index (χ0v) is 16.1. The van der Waals surface area contributed by atoms with Crippen molar-refractivity contribution in [1.29, 1.82) is 5.26 Å². The summed E-state index contributed by atoms with van der Waals surface area (Å²) in [4.78, 5) is 15.5. The molecule has 0 radical (unpaired) electrons. The fraction of sp³-hybridized carbons (Fsp3) is 0.476. The normalized spacial score (nSPS) is 13.7. The van der Waals surface area contributed by atoms with Gasteiger partial charge in [0.05, 0.1) is 23.1 Å². The van der Waals surface area contributed by atoms with Gasteiger partial charge in [-0.2, -0.15) is 10.4 Å². The Morgan fingerprint density at radius 1 is 1.27 bits per heavy atom. The van der Waals surface area contributed by atoms with Crippen molar-refractivity contribution >= 4 is 11.6 Å². The van der Waals surface area contributed by atoms with Crippen LogP contribution in [0, 0.1) is 16.7 Å². The fourth-order valence-corrected chi connectivity index (χ4v) is 3.57. The predicted octanol–water partition coefficient (Wildman–Crippen LogP) is 4.44. The van der Waals surface area contributed by atoms with Crippen molar-refractivity contribution in [3.05, 3.63) is 48.3 Å². The molecule has 1 atom stereocenters. The summed E-state index contributed by atoms with van der Waals surface area (Å²) in [5, 5.41) is 16.9. The summed E-state index contributed by atoms with van der Waals surface area (Å²) >= 11 is 0. The van der Waals surface area contributed by atoms with Gasteiger partial charge < -0.3 is 4.90 Å². The topological polar surface area (TPSA) is 72.8 Å². The maximum Gasteiger partial charge on any atom is 0.234 e. The van der Waals surface area contributed by atoms with Gasteiger partial charge in [-0.15, -0.1) is 0 Å². The molecular formula is C21H28N4O. The number of amides is 1. The first kappa shape index (κ1) is 19.7. The maximum atomic E-state index is 13.7. The number of aromatic amines is 1.